The maximum Gasteiger partial charge on any atom is 0.186 e. The van der Waals surface area contributed by atoms with Crippen molar-refractivity contribution in [3.05, 3.63) is 11.6 Å². The first-order valence-electron chi connectivity index (χ1n) is 19.9. The van der Waals surface area contributed by atoms with E-state index in [4.69, 9.17) is 28.4 Å². The first kappa shape index (κ1) is 38.1. The van der Waals surface area contributed by atoms with Crippen molar-refractivity contribution < 1.29 is 59.1 Å². The molecular formula is C40H64O12. The van der Waals surface area contributed by atoms with Gasteiger partial charge in [-0.3, -0.25) is 0 Å². The summed E-state index contributed by atoms with van der Waals surface area (Å²) in [5.41, 5.74) is -0.0373. The molecule has 296 valence electrons. The Bertz CT molecular complexity index is 1400. The first-order chi connectivity index (χ1) is 24.3. The van der Waals surface area contributed by atoms with Gasteiger partial charge in [0.2, 0.25) is 0 Å². The third kappa shape index (κ3) is 5.29. The Labute approximate surface area is 308 Å². The summed E-state index contributed by atoms with van der Waals surface area (Å²) >= 11 is 0. The minimum absolute atomic E-state index is 0.0314. The van der Waals surface area contributed by atoms with Crippen molar-refractivity contribution in [1.82, 2.24) is 0 Å². The van der Waals surface area contributed by atoms with Crippen molar-refractivity contribution in [2.24, 2.45) is 45.3 Å². The summed E-state index contributed by atoms with van der Waals surface area (Å²) in [6, 6.07) is 0. The van der Waals surface area contributed by atoms with Crippen LogP contribution in [0, 0.1) is 45.3 Å². The Morgan fingerprint density at radius 2 is 1.40 bits per heavy atom. The lowest BCUT2D eigenvalue weighted by Gasteiger charge is -2.70. The highest BCUT2D eigenvalue weighted by atomic mass is 16.7. The van der Waals surface area contributed by atoms with Crippen LogP contribution in [0.25, 0.3) is 0 Å². The van der Waals surface area contributed by atoms with Gasteiger partial charge < -0.3 is 59.1 Å². The highest BCUT2D eigenvalue weighted by molar-refractivity contribution is 5.27. The van der Waals surface area contributed by atoms with Crippen LogP contribution in [-0.4, -0.2) is 123 Å². The van der Waals surface area contributed by atoms with E-state index in [0.29, 0.717) is 24.9 Å². The maximum absolute atomic E-state index is 11.0. The topological polar surface area (TPSA) is 177 Å². The Kier molecular flexibility index (Phi) is 9.27. The molecule has 0 radical (unpaired) electrons. The smallest absolute Gasteiger partial charge is 0.186 e. The number of ether oxygens (including phenoxy) is 6. The summed E-state index contributed by atoms with van der Waals surface area (Å²) in [4.78, 5) is 0. The summed E-state index contributed by atoms with van der Waals surface area (Å²) in [6.07, 6.45) is -0.789. The molecule has 19 atom stereocenters. The van der Waals surface area contributed by atoms with Gasteiger partial charge in [-0.05, 0) is 93.3 Å². The fourth-order valence-electron chi connectivity index (χ4n) is 14.1. The van der Waals surface area contributed by atoms with E-state index in [9.17, 15) is 30.6 Å². The van der Waals surface area contributed by atoms with E-state index < -0.39 is 60.6 Å². The zero-order valence-corrected chi connectivity index (χ0v) is 32.1. The average Bonchev–Trinajstić information content (AvgIpc) is 3.59. The van der Waals surface area contributed by atoms with Gasteiger partial charge in [0, 0.05) is 24.2 Å². The van der Waals surface area contributed by atoms with E-state index in [-0.39, 0.29) is 58.9 Å². The standard InChI is InChI=1S/C40H64O12/c1-20(2)14-21-15-38(7,52-34-31(46)29(44)24(42)17-48-34)32-22-8-9-26-36(5)12-11-27(50-33-30(45)28(43)23(41)16-47-33)35(3,4)25(36)10-13-37(26,6)39(22)18-40(32,51-21)49-19-39/h14,21-34,41-46H,8-13,15-19H2,1-7H3/t21?,22?,23-,24-,25?,26+,27?,28-,29-,30+,31+,32?,33-,34-,36-,37+,38-,39-,40-/m0/s1. The van der Waals surface area contributed by atoms with E-state index in [0.717, 1.165) is 50.5 Å². The quantitative estimate of drug-likeness (QED) is 0.180. The van der Waals surface area contributed by atoms with Gasteiger partial charge in [0.1, 0.15) is 36.6 Å². The van der Waals surface area contributed by atoms with Crippen LogP contribution in [-0.2, 0) is 28.4 Å². The second-order valence-electron chi connectivity index (χ2n) is 19.7. The van der Waals surface area contributed by atoms with Gasteiger partial charge in [0.05, 0.1) is 37.6 Å². The number of hydrogen-bond donors (Lipinski definition) is 6. The molecule has 0 aromatic rings. The van der Waals surface area contributed by atoms with Gasteiger partial charge >= 0.3 is 0 Å². The molecule has 0 aromatic carbocycles. The van der Waals surface area contributed by atoms with E-state index >= 15 is 0 Å². The molecule has 8 fully saturated rings. The lowest BCUT2D eigenvalue weighted by atomic mass is 9.35. The highest BCUT2D eigenvalue weighted by Gasteiger charge is 2.81. The molecule has 6 N–H and O–H groups in total. The van der Waals surface area contributed by atoms with Crippen LogP contribution in [0.1, 0.15) is 99.8 Å². The van der Waals surface area contributed by atoms with Crippen molar-refractivity contribution in [1.29, 1.82) is 0 Å². The van der Waals surface area contributed by atoms with Crippen LogP contribution >= 0.6 is 0 Å². The van der Waals surface area contributed by atoms with Gasteiger partial charge in [-0.15, -0.1) is 0 Å². The van der Waals surface area contributed by atoms with Gasteiger partial charge in [-0.1, -0.05) is 39.3 Å². The van der Waals surface area contributed by atoms with Gasteiger partial charge in [-0.25, -0.2) is 0 Å². The van der Waals surface area contributed by atoms with Gasteiger partial charge in [0.25, 0.3) is 0 Å². The maximum atomic E-state index is 11.0. The molecule has 4 saturated carbocycles. The Morgan fingerprint density at radius 3 is 2.08 bits per heavy atom. The summed E-state index contributed by atoms with van der Waals surface area (Å²) in [5, 5.41) is 62.8. The number of aliphatic hydroxyl groups excluding tert-OH is 6. The molecule has 0 aromatic heterocycles. The third-order valence-corrected chi connectivity index (χ3v) is 16.3. The monoisotopic (exact) mass is 736 g/mol. The number of allylic oxidation sites excluding steroid dienone is 1. The van der Waals surface area contributed by atoms with E-state index in [1.807, 2.05) is 0 Å². The molecule has 5 unspecified atom stereocenters. The summed E-state index contributed by atoms with van der Waals surface area (Å²) in [5.74, 6) is 0.0832. The molecule has 2 bridgehead atoms. The second-order valence-corrected chi connectivity index (χ2v) is 19.7. The van der Waals surface area contributed by atoms with Crippen LogP contribution in [0.5, 0.6) is 0 Å². The molecule has 2 spiro atoms. The SMILES string of the molecule is CC(C)=CC1C[C@](C)(O[C@@H]2OC[C@H](O)[C@H](O)[C@H]2O)C2C3CC[C@@H]4[C@@]5(C)CCC(O[C@@H]6OC[C@H](O)[C@H](O)[C@H]6O)C(C)(C)C5CC[C@@]4(C)[C@@]34CO[C@@]2(C4)O1. The van der Waals surface area contributed by atoms with Crippen LogP contribution in [0.2, 0.25) is 0 Å². The van der Waals surface area contributed by atoms with Crippen LogP contribution in [0.4, 0.5) is 0 Å². The van der Waals surface area contributed by atoms with Gasteiger partial charge in [0.15, 0.2) is 18.4 Å². The summed E-state index contributed by atoms with van der Waals surface area (Å²) < 4.78 is 39.0. The molecular weight excluding hydrogens is 672 g/mol. The molecule has 52 heavy (non-hydrogen) atoms. The zero-order valence-electron chi connectivity index (χ0n) is 32.1. The highest BCUT2D eigenvalue weighted by Crippen LogP contribution is 2.80. The molecule has 8 aliphatic rings. The molecule has 12 nitrogen and oxygen atoms in total. The first-order valence-corrected chi connectivity index (χ1v) is 19.9. The molecule has 12 heteroatoms. The average molecular weight is 737 g/mol. The zero-order chi connectivity index (χ0) is 37.4. The van der Waals surface area contributed by atoms with Gasteiger partial charge in [-0.2, -0.15) is 0 Å². The van der Waals surface area contributed by atoms with Crippen molar-refractivity contribution >= 4 is 0 Å². The third-order valence-electron chi connectivity index (χ3n) is 16.3. The van der Waals surface area contributed by atoms with Crippen LogP contribution in [0.15, 0.2) is 11.6 Å². The number of fused-ring (bicyclic) bond motifs is 4. The minimum Gasteiger partial charge on any atom is -0.388 e. The predicted molar refractivity (Wildman–Crippen MR) is 186 cm³/mol. The van der Waals surface area contributed by atoms with E-state index in [2.05, 4.69) is 54.5 Å². The van der Waals surface area contributed by atoms with Crippen molar-refractivity contribution in [3.8, 4) is 0 Å². The van der Waals surface area contributed by atoms with Crippen molar-refractivity contribution in [2.75, 3.05) is 19.8 Å². The molecule has 4 aliphatic carbocycles. The second kappa shape index (κ2) is 12.6. The number of hydrogen-bond acceptors (Lipinski definition) is 12. The molecule has 4 aliphatic heterocycles. The molecule has 4 heterocycles. The lowest BCUT2D eigenvalue weighted by Crippen LogP contribution is -2.68. The minimum atomic E-state index is -1.38. The molecule has 0 amide bonds. The van der Waals surface area contributed by atoms with Crippen LogP contribution in [0.3, 0.4) is 0 Å². The fraction of sp³-hybridized carbons (Fsp3) is 0.950. The number of aliphatic hydroxyl groups is 6. The lowest BCUT2D eigenvalue weighted by molar-refractivity contribution is -0.379. The number of rotatable bonds is 5. The summed E-state index contributed by atoms with van der Waals surface area (Å²) in [6.45, 7) is 16.3. The van der Waals surface area contributed by atoms with Crippen molar-refractivity contribution in [2.45, 2.75) is 173 Å². The Balaban J connectivity index is 1.09. The molecule has 8 rings (SSSR count). The Morgan fingerprint density at radius 1 is 0.750 bits per heavy atom. The van der Waals surface area contributed by atoms with E-state index in [1.54, 1.807) is 0 Å². The predicted octanol–water partition coefficient (Wildman–Crippen LogP) is 2.78. The molecule has 4 saturated heterocycles. The Hall–Kier alpha value is -0.740. The fourth-order valence-corrected chi connectivity index (χ4v) is 14.1. The van der Waals surface area contributed by atoms with Crippen LogP contribution < -0.4 is 0 Å². The summed E-state index contributed by atoms with van der Waals surface area (Å²) in [7, 11) is 0. The van der Waals surface area contributed by atoms with E-state index in [1.165, 1.54) is 0 Å². The normalized spacial score (nSPS) is 58.0. The largest absolute Gasteiger partial charge is 0.388 e. The van der Waals surface area contributed by atoms with Crippen molar-refractivity contribution in [3.63, 3.8) is 0 Å².